The first-order chi connectivity index (χ1) is 26.9. The van der Waals surface area contributed by atoms with Crippen molar-refractivity contribution in [1.29, 1.82) is 0 Å². The molecule has 0 saturated heterocycles. The van der Waals surface area contributed by atoms with Gasteiger partial charge in [0.1, 0.15) is 16.4 Å². The molecule has 55 heavy (non-hydrogen) atoms. The smallest absolute Gasteiger partial charge is 0.298 e. The Hall–Kier alpha value is -3.23. The van der Waals surface area contributed by atoms with Gasteiger partial charge in [-0.05, 0) is 41.5 Å². The monoisotopic (exact) mass is 790 g/mol. The van der Waals surface area contributed by atoms with E-state index in [1.165, 1.54) is 6.07 Å². The average molecular weight is 791 g/mol. The van der Waals surface area contributed by atoms with E-state index in [0.29, 0.717) is 118 Å². The molecule has 4 bridgehead atoms. The summed E-state index contributed by atoms with van der Waals surface area (Å²) >= 11 is 0. The Kier molecular flexibility index (Phi) is 15.7. The van der Waals surface area contributed by atoms with Gasteiger partial charge in [-0.1, -0.05) is 18.2 Å². The lowest BCUT2D eigenvalue weighted by Gasteiger charge is -2.32. The maximum Gasteiger partial charge on any atom is 0.298 e. The molecular weight excluding hydrogens is 740 g/mol. The highest BCUT2D eigenvalue weighted by Crippen LogP contribution is 2.52. The number of hydrogen-bond acceptors (Lipinski definition) is 15. The van der Waals surface area contributed by atoms with Crippen LogP contribution >= 0.6 is 0 Å². The zero-order valence-corrected chi connectivity index (χ0v) is 31.7. The molecule has 302 valence electrons. The van der Waals surface area contributed by atoms with Gasteiger partial charge in [-0.2, -0.15) is 8.42 Å². The van der Waals surface area contributed by atoms with E-state index in [9.17, 15) is 18.6 Å². The van der Waals surface area contributed by atoms with Gasteiger partial charge in [0.15, 0.2) is 5.60 Å². The third-order valence-electron chi connectivity index (χ3n) is 9.13. The minimum atomic E-state index is -4.32. The zero-order chi connectivity index (χ0) is 38.4. The first-order valence-electron chi connectivity index (χ1n) is 18.4. The van der Waals surface area contributed by atoms with Crippen LogP contribution in [0.3, 0.4) is 0 Å². The average Bonchev–Trinajstić information content (AvgIpc) is 3.43. The molecule has 0 amide bonds. The summed E-state index contributed by atoms with van der Waals surface area (Å²) in [5, 5.41) is 23.1. The summed E-state index contributed by atoms with van der Waals surface area (Å²) < 4.78 is 91.4. The Bertz CT molecular complexity index is 1620. The number of phenolic OH excluding ortho intramolecular Hbond substituents is 2. The molecule has 0 radical (unpaired) electrons. The first-order valence-corrected chi connectivity index (χ1v) is 19.8. The highest BCUT2D eigenvalue weighted by atomic mass is 32.2. The van der Waals surface area contributed by atoms with Crippen molar-refractivity contribution in [1.82, 2.24) is 0 Å². The molecule has 3 heterocycles. The topological polar surface area (TPSA) is 176 Å². The van der Waals surface area contributed by atoms with Gasteiger partial charge >= 0.3 is 0 Å². The molecule has 16 heteroatoms. The SMILES string of the molecule is O=S1(=O)OC(c2cc3c(O)c(c2)COCCOCCOCCOCCOC3)(c2cc3c(O)c(c2)COCCOCCOCCOCCOC3)c2ccccc21. The summed E-state index contributed by atoms with van der Waals surface area (Å²) in [6.45, 7) is 5.19. The van der Waals surface area contributed by atoms with Crippen LogP contribution in [0.5, 0.6) is 11.5 Å². The quantitative estimate of drug-likeness (QED) is 0.362. The Morgan fingerprint density at radius 2 is 0.727 bits per heavy atom. The molecule has 0 saturated carbocycles. The minimum absolute atomic E-state index is 0.0122. The molecule has 6 rings (SSSR count). The number of phenols is 2. The fourth-order valence-electron chi connectivity index (χ4n) is 6.45. The van der Waals surface area contributed by atoms with Crippen molar-refractivity contribution in [3.63, 3.8) is 0 Å². The third-order valence-corrected chi connectivity index (χ3v) is 10.5. The molecule has 0 aromatic heterocycles. The summed E-state index contributed by atoms with van der Waals surface area (Å²) in [7, 11) is -4.32. The van der Waals surface area contributed by atoms with E-state index in [2.05, 4.69) is 0 Å². The van der Waals surface area contributed by atoms with E-state index in [-0.39, 0.29) is 69.2 Å². The van der Waals surface area contributed by atoms with Gasteiger partial charge in [0, 0.05) is 27.8 Å². The van der Waals surface area contributed by atoms with Crippen LogP contribution in [0, 0.1) is 0 Å². The normalized spacial score (nSPS) is 21.6. The Balaban J connectivity index is 1.44. The molecule has 0 fully saturated rings. The van der Waals surface area contributed by atoms with E-state index in [0.717, 1.165) is 0 Å². The molecule has 0 unspecified atom stereocenters. The minimum Gasteiger partial charge on any atom is -0.507 e. The molecule has 3 aromatic rings. The molecular formula is C39H50O15S. The highest BCUT2D eigenvalue weighted by Gasteiger charge is 2.52. The Morgan fingerprint density at radius 1 is 0.436 bits per heavy atom. The van der Waals surface area contributed by atoms with Crippen LogP contribution < -0.4 is 0 Å². The summed E-state index contributed by atoms with van der Waals surface area (Å²) in [4.78, 5) is -0.0122. The van der Waals surface area contributed by atoms with Crippen molar-refractivity contribution in [2.45, 2.75) is 36.9 Å². The highest BCUT2D eigenvalue weighted by molar-refractivity contribution is 7.87. The largest absolute Gasteiger partial charge is 0.507 e. The van der Waals surface area contributed by atoms with E-state index in [4.69, 9.17) is 51.6 Å². The van der Waals surface area contributed by atoms with Crippen LogP contribution in [-0.2, 0) is 93.7 Å². The Morgan fingerprint density at radius 3 is 1.05 bits per heavy atom. The van der Waals surface area contributed by atoms with Gasteiger partial charge < -0.3 is 57.6 Å². The van der Waals surface area contributed by atoms with Crippen molar-refractivity contribution in [2.75, 3.05) is 106 Å². The van der Waals surface area contributed by atoms with Crippen LogP contribution in [0.25, 0.3) is 0 Å². The summed E-state index contributed by atoms with van der Waals surface area (Å²) in [6.07, 6.45) is 0. The summed E-state index contributed by atoms with van der Waals surface area (Å²) in [5.74, 6) is -0.122. The second kappa shape index (κ2) is 20.8. The second-order valence-corrected chi connectivity index (χ2v) is 14.4. The second-order valence-electron chi connectivity index (χ2n) is 12.9. The Labute approximate surface area is 321 Å². The lowest BCUT2D eigenvalue weighted by atomic mass is 9.78. The number of hydrogen-bond donors (Lipinski definition) is 2. The van der Waals surface area contributed by atoms with Gasteiger partial charge in [-0.25, -0.2) is 4.18 Å². The van der Waals surface area contributed by atoms with Crippen LogP contribution in [0.15, 0.2) is 53.4 Å². The van der Waals surface area contributed by atoms with Gasteiger partial charge in [-0.3, -0.25) is 0 Å². The lowest BCUT2D eigenvalue weighted by molar-refractivity contribution is -0.0148. The van der Waals surface area contributed by atoms with Crippen molar-refractivity contribution in [3.05, 3.63) is 87.5 Å². The zero-order valence-electron chi connectivity index (χ0n) is 30.9. The predicted octanol–water partition coefficient (Wildman–Crippen LogP) is 3.30. The van der Waals surface area contributed by atoms with Crippen LogP contribution in [0.1, 0.15) is 38.9 Å². The number of fused-ring (bicyclic) bond motifs is 5. The van der Waals surface area contributed by atoms with E-state index < -0.39 is 15.7 Å². The van der Waals surface area contributed by atoms with Gasteiger partial charge in [0.25, 0.3) is 10.1 Å². The molecule has 15 nitrogen and oxygen atoms in total. The van der Waals surface area contributed by atoms with Crippen molar-refractivity contribution >= 4 is 10.1 Å². The van der Waals surface area contributed by atoms with Crippen LogP contribution in [0.2, 0.25) is 0 Å². The van der Waals surface area contributed by atoms with E-state index in [1.54, 1.807) is 42.5 Å². The lowest BCUT2D eigenvalue weighted by Crippen LogP contribution is -2.30. The summed E-state index contributed by atoms with van der Waals surface area (Å²) in [5.41, 5.74) is 0.863. The molecule has 0 spiro atoms. The van der Waals surface area contributed by atoms with E-state index >= 15 is 0 Å². The van der Waals surface area contributed by atoms with Gasteiger partial charge in [0.05, 0.1) is 132 Å². The van der Waals surface area contributed by atoms with Crippen molar-refractivity contribution < 1.29 is 70.2 Å². The molecule has 0 aliphatic carbocycles. The van der Waals surface area contributed by atoms with E-state index in [1.807, 2.05) is 0 Å². The molecule has 0 atom stereocenters. The molecule has 3 aromatic carbocycles. The number of aromatic hydroxyl groups is 2. The predicted molar refractivity (Wildman–Crippen MR) is 194 cm³/mol. The fraction of sp³-hybridized carbons (Fsp3) is 0.538. The molecule has 3 aliphatic heterocycles. The number of benzene rings is 3. The van der Waals surface area contributed by atoms with Crippen LogP contribution in [0.4, 0.5) is 0 Å². The third kappa shape index (κ3) is 10.8. The number of rotatable bonds is 2. The molecule has 2 N–H and O–H groups in total. The number of ether oxygens (including phenoxy) is 10. The van der Waals surface area contributed by atoms with Gasteiger partial charge in [0.2, 0.25) is 0 Å². The maximum absolute atomic E-state index is 13.9. The first kappa shape index (κ1) is 41.4. The van der Waals surface area contributed by atoms with Crippen molar-refractivity contribution in [3.8, 4) is 11.5 Å². The summed E-state index contributed by atoms with van der Waals surface area (Å²) in [6, 6.07) is 13.3. The molecule has 3 aliphatic rings. The van der Waals surface area contributed by atoms with Crippen LogP contribution in [-0.4, -0.2) is 124 Å². The fourth-order valence-corrected chi connectivity index (χ4v) is 7.88. The van der Waals surface area contributed by atoms with Gasteiger partial charge in [-0.15, -0.1) is 0 Å². The van der Waals surface area contributed by atoms with Crippen molar-refractivity contribution in [2.24, 2.45) is 0 Å². The standard InChI is InChI=1S/C39H50O15S/c40-37-29-21-33(22-30(37)26-51-18-14-47-10-6-44-5-9-46-13-17-50-25-29)39(35-3-1-2-4-36(35)55(42,43)54-39)34-23-31-27-52-19-15-48-11-7-45-8-12-49-16-20-53-28-32(24-34)38(31)41/h1-4,21-24,40-41H,5-20,25-28H2. The maximum atomic E-state index is 13.9.